The second kappa shape index (κ2) is 6.10. The number of amides is 1. The number of ketones is 1. The predicted molar refractivity (Wildman–Crippen MR) is 80.4 cm³/mol. The summed E-state index contributed by atoms with van der Waals surface area (Å²) in [6, 6.07) is 1.33. The van der Waals surface area contributed by atoms with E-state index in [1.165, 1.54) is 0 Å². The molecule has 1 unspecified atom stereocenters. The van der Waals surface area contributed by atoms with Gasteiger partial charge >= 0.3 is 6.09 Å². The predicted octanol–water partition coefficient (Wildman–Crippen LogP) is 3.11. The summed E-state index contributed by atoms with van der Waals surface area (Å²) in [5.74, 6) is 0.00521. The number of halogens is 1. The molecule has 2 heterocycles. The highest BCUT2D eigenvalue weighted by molar-refractivity contribution is 6.30. The van der Waals surface area contributed by atoms with E-state index >= 15 is 0 Å². The first-order chi connectivity index (χ1) is 9.76. The molecule has 0 spiro atoms. The van der Waals surface area contributed by atoms with Crippen molar-refractivity contribution in [2.24, 2.45) is 0 Å². The Labute approximate surface area is 129 Å². The molecule has 1 aliphatic heterocycles. The van der Waals surface area contributed by atoms with Crippen molar-refractivity contribution < 1.29 is 14.3 Å². The fourth-order valence-electron chi connectivity index (χ4n) is 2.44. The summed E-state index contributed by atoms with van der Waals surface area (Å²) in [7, 11) is 0. The van der Waals surface area contributed by atoms with Crippen LogP contribution in [-0.2, 0) is 16.1 Å². The van der Waals surface area contributed by atoms with Gasteiger partial charge in [0, 0.05) is 18.9 Å². The summed E-state index contributed by atoms with van der Waals surface area (Å²) < 4.78 is 7.10. The van der Waals surface area contributed by atoms with Crippen LogP contribution >= 0.6 is 11.6 Å². The first kappa shape index (κ1) is 15.9. The van der Waals surface area contributed by atoms with Gasteiger partial charge in [0.1, 0.15) is 5.60 Å². The van der Waals surface area contributed by atoms with Crippen molar-refractivity contribution >= 4 is 23.5 Å². The molecule has 1 fully saturated rings. The van der Waals surface area contributed by atoms with Gasteiger partial charge in [0.05, 0.1) is 17.6 Å². The van der Waals surface area contributed by atoms with Crippen molar-refractivity contribution in [3.63, 3.8) is 0 Å². The van der Waals surface area contributed by atoms with Gasteiger partial charge in [-0.3, -0.25) is 9.69 Å². The number of hydrogen-bond donors (Lipinski definition) is 0. The SMILES string of the molecule is CC(C)(C)OC(=O)N1CCCC1C(=O)Cn1ccc(Cl)c1. The first-order valence-electron chi connectivity index (χ1n) is 7.10. The molecule has 0 N–H and O–H groups in total. The molecule has 0 saturated carbocycles. The lowest BCUT2D eigenvalue weighted by Crippen LogP contribution is -2.44. The number of nitrogens with zero attached hydrogens (tertiary/aromatic N) is 2. The van der Waals surface area contributed by atoms with Crippen LogP contribution in [0.15, 0.2) is 18.5 Å². The number of carbonyl (C=O) groups excluding carboxylic acids is 2. The zero-order valence-electron chi connectivity index (χ0n) is 12.6. The van der Waals surface area contributed by atoms with Gasteiger partial charge in [-0.15, -0.1) is 0 Å². The maximum atomic E-state index is 12.4. The summed E-state index contributed by atoms with van der Waals surface area (Å²) in [5.41, 5.74) is -0.554. The third-order valence-corrected chi connectivity index (χ3v) is 3.53. The largest absolute Gasteiger partial charge is 0.444 e. The normalized spacial score (nSPS) is 18.9. The topological polar surface area (TPSA) is 51.5 Å². The summed E-state index contributed by atoms with van der Waals surface area (Å²) in [6.45, 7) is 6.24. The van der Waals surface area contributed by atoms with Gasteiger partial charge in [0.15, 0.2) is 5.78 Å². The van der Waals surface area contributed by atoms with E-state index in [4.69, 9.17) is 16.3 Å². The van der Waals surface area contributed by atoms with Crippen LogP contribution in [0.25, 0.3) is 0 Å². The van der Waals surface area contributed by atoms with Crippen LogP contribution < -0.4 is 0 Å². The van der Waals surface area contributed by atoms with E-state index in [2.05, 4.69) is 0 Å². The molecule has 6 heteroatoms. The van der Waals surface area contributed by atoms with Crippen LogP contribution in [-0.4, -0.2) is 39.5 Å². The molecule has 5 nitrogen and oxygen atoms in total. The molecule has 1 aliphatic rings. The van der Waals surface area contributed by atoms with Crippen molar-refractivity contribution in [2.45, 2.75) is 51.8 Å². The number of rotatable bonds is 3. The zero-order valence-corrected chi connectivity index (χ0v) is 13.4. The molecule has 1 aromatic rings. The maximum absolute atomic E-state index is 12.4. The Bertz CT molecular complexity index is 533. The Morgan fingerprint density at radius 1 is 1.43 bits per heavy atom. The number of aromatic nitrogens is 1. The quantitative estimate of drug-likeness (QED) is 0.861. The average Bonchev–Trinajstić information content (AvgIpc) is 2.95. The molecular weight excluding hydrogens is 292 g/mol. The van der Waals surface area contributed by atoms with Crippen molar-refractivity contribution in [2.75, 3.05) is 6.54 Å². The Balaban J connectivity index is 2.00. The van der Waals surface area contributed by atoms with Crippen LogP contribution in [0.4, 0.5) is 4.79 Å². The van der Waals surface area contributed by atoms with Gasteiger partial charge in [-0.25, -0.2) is 4.79 Å². The number of likely N-dealkylation sites (tertiary alicyclic amines) is 1. The van der Waals surface area contributed by atoms with Crippen LogP contribution in [0.1, 0.15) is 33.6 Å². The molecule has 0 aliphatic carbocycles. The molecule has 1 saturated heterocycles. The third kappa shape index (κ3) is 4.24. The lowest BCUT2D eigenvalue weighted by Gasteiger charge is -2.28. The van der Waals surface area contributed by atoms with Crippen LogP contribution in [0.5, 0.6) is 0 Å². The monoisotopic (exact) mass is 312 g/mol. The molecule has 0 radical (unpaired) electrons. The molecule has 1 aromatic heterocycles. The number of Topliss-reactive ketones (excluding diaryl/α,β-unsaturated/α-hetero) is 1. The van der Waals surface area contributed by atoms with Gasteiger partial charge in [-0.1, -0.05) is 11.6 Å². The van der Waals surface area contributed by atoms with Gasteiger partial charge in [0.25, 0.3) is 0 Å². The molecule has 1 atom stereocenters. The maximum Gasteiger partial charge on any atom is 0.410 e. The first-order valence-corrected chi connectivity index (χ1v) is 7.48. The standard InChI is InChI=1S/C15H21ClN2O3/c1-15(2,3)21-14(20)18-7-4-5-12(18)13(19)10-17-8-6-11(16)9-17/h6,8-9,12H,4-5,7,10H2,1-3H3. The molecule has 116 valence electrons. The van der Waals surface area contributed by atoms with Gasteiger partial charge < -0.3 is 9.30 Å². The fourth-order valence-corrected chi connectivity index (χ4v) is 2.62. The van der Waals surface area contributed by atoms with E-state index in [0.29, 0.717) is 18.0 Å². The molecule has 0 bridgehead atoms. The van der Waals surface area contributed by atoms with E-state index in [-0.39, 0.29) is 12.3 Å². The minimum Gasteiger partial charge on any atom is -0.444 e. The Morgan fingerprint density at radius 2 is 2.14 bits per heavy atom. The molecular formula is C15H21ClN2O3. The second-order valence-corrected chi connectivity index (χ2v) is 6.74. The lowest BCUT2D eigenvalue weighted by atomic mass is 10.1. The highest BCUT2D eigenvalue weighted by Crippen LogP contribution is 2.22. The second-order valence-electron chi connectivity index (χ2n) is 6.30. The van der Waals surface area contributed by atoms with Crippen molar-refractivity contribution in [1.82, 2.24) is 9.47 Å². The Kier molecular flexibility index (Phi) is 4.61. The number of ether oxygens (including phenoxy) is 1. The highest BCUT2D eigenvalue weighted by atomic mass is 35.5. The van der Waals surface area contributed by atoms with E-state index in [1.807, 2.05) is 20.8 Å². The van der Waals surface area contributed by atoms with Gasteiger partial charge in [-0.05, 0) is 39.7 Å². The molecule has 0 aromatic carbocycles. The Hall–Kier alpha value is -1.49. The van der Waals surface area contributed by atoms with Crippen LogP contribution in [0, 0.1) is 0 Å². The smallest absolute Gasteiger partial charge is 0.410 e. The van der Waals surface area contributed by atoms with Gasteiger partial charge in [0.2, 0.25) is 0 Å². The summed E-state index contributed by atoms with van der Waals surface area (Å²) >= 11 is 5.84. The zero-order chi connectivity index (χ0) is 15.6. The summed E-state index contributed by atoms with van der Waals surface area (Å²) in [5, 5.41) is 0.596. The van der Waals surface area contributed by atoms with Crippen LogP contribution in [0.2, 0.25) is 5.02 Å². The minimum absolute atomic E-state index is 0.00521. The number of carbonyl (C=O) groups is 2. The Morgan fingerprint density at radius 3 is 2.71 bits per heavy atom. The molecule has 2 rings (SSSR count). The van der Waals surface area contributed by atoms with Crippen molar-refractivity contribution in [3.05, 3.63) is 23.5 Å². The van der Waals surface area contributed by atoms with Crippen molar-refractivity contribution in [1.29, 1.82) is 0 Å². The van der Waals surface area contributed by atoms with E-state index in [1.54, 1.807) is 27.9 Å². The highest BCUT2D eigenvalue weighted by Gasteiger charge is 2.36. The van der Waals surface area contributed by atoms with E-state index < -0.39 is 17.7 Å². The van der Waals surface area contributed by atoms with Crippen molar-refractivity contribution in [3.8, 4) is 0 Å². The van der Waals surface area contributed by atoms with Gasteiger partial charge in [-0.2, -0.15) is 0 Å². The van der Waals surface area contributed by atoms with E-state index in [0.717, 1.165) is 6.42 Å². The summed E-state index contributed by atoms with van der Waals surface area (Å²) in [6.07, 6.45) is 4.55. The third-order valence-electron chi connectivity index (χ3n) is 3.31. The number of hydrogen-bond acceptors (Lipinski definition) is 3. The summed E-state index contributed by atoms with van der Waals surface area (Å²) in [4.78, 5) is 26.1. The molecule has 21 heavy (non-hydrogen) atoms. The minimum atomic E-state index is -0.554. The van der Waals surface area contributed by atoms with Crippen LogP contribution in [0.3, 0.4) is 0 Å². The lowest BCUT2D eigenvalue weighted by molar-refractivity contribution is -0.123. The average molecular weight is 313 g/mol. The molecule has 1 amide bonds. The fraction of sp³-hybridized carbons (Fsp3) is 0.600. The van der Waals surface area contributed by atoms with E-state index in [9.17, 15) is 9.59 Å².